The summed E-state index contributed by atoms with van der Waals surface area (Å²) in [6.07, 6.45) is 0. The molecule has 3 rings (SSSR count). The van der Waals surface area contributed by atoms with Gasteiger partial charge in [0, 0.05) is 5.56 Å². The van der Waals surface area contributed by atoms with Crippen molar-refractivity contribution in [2.75, 3.05) is 0 Å². The van der Waals surface area contributed by atoms with Gasteiger partial charge in [0.1, 0.15) is 5.82 Å². The molecule has 1 N–H and O–H groups in total. The fourth-order valence-electron chi connectivity index (χ4n) is 2.17. The Morgan fingerprint density at radius 2 is 1.79 bits per heavy atom. The summed E-state index contributed by atoms with van der Waals surface area (Å²) in [4.78, 5) is 19.2. The van der Waals surface area contributed by atoms with Crippen LogP contribution in [0.3, 0.4) is 0 Å². The van der Waals surface area contributed by atoms with E-state index in [1.165, 1.54) is 5.56 Å². The molecule has 0 radical (unpaired) electrons. The van der Waals surface area contributed by atoms with Gasteiger partial charge in [0.25, 0.3) is 5.56 Å². The highest BCUT2D eigenvalue weighted by atomic mass is 16.1. The first-order valence-electron chi connectivity index (χ1n) is 6.09. The molecule has 5 heteroatoms. The molecule has 0 aliphatic heterocycles. The fraction of sp³-hybridized carbons (Fsp3) is 0.214. The van der Waals surface area contributed by atoms with Crippen LogP contribution in [-0.4, -0.2) is 19.6 Å². The Morgan fingerprint density at radius 1 is 1.11 bits per heavy atom. The van der Waals surface area contributed by atoms with Crippen molar-refractivity contribution in [2.24, 2.45) is 0 Å². The van der Waals surface area contributed by atoms with Crippen LogP contribution >= 0.6 is 0 Å². The standard InChI is InChI=1S/C14H14N4O/c1-8-4-6-11(7-5-8)13-16-14(19)12-9(2)15-10(3)18(12)17-13/h4-7H,1-3H3,(H,16,17,19). The largest absolute Gasteiger partial charge is 0.303 e. The highest BCUT2D eigenvalue weighted by Gasteiger charge is 2.11. The zero-order valence-corrected chi connectivity index (χ0v) is 11.1. The molecule has 2 heterocycles. The lowest BCUT2D eigenvalue weighted by atomic mass is 10.1. The molecule has 0 saturated heterocycles. The Kier molecular flexibility index (Phi) is 2.48. The lowest BCUT2D eigenvalue weighted by Crippen LogP contribution is -2.14. The summed E-state index contributed by atoms with van der Waals surface area (Å²) in [6, 6.07) is 7.87. The predicted octanol–water partition coefficient (Wildman–Crippen LogP) is 2.01. The monoisotopic (exact) mass is 254 g/mol. The van der Waals surface area contributed by atoms with Gasteiger partial charge in [-0.2, -0.15) is 0 Å². The molecule has 2 aromatic heterocycles. The van der Waals surface area contributed by atoms with Gasteiger partial charge in [0.15, 0.2) is 11.3 Å². The van der Waals surface area contributed by atoms with Crippen molar-refractivity contribution in [1.29, 1.82) is 0 Å². The summed E-state index contributed by atoms with van der Waals surface area (Å²) in [5.74, 6) is 1.27. The molecule has 0 aliphatic carbocycles. The first kappa shape index (κ1) is 11.6. The minimum atomic E-state index is -0.163. The van der Waals surface area contributed by atoms with Gasteiger partial charge in [-0.25, -0.2) is 9.50 Å². The maximum atomic E-state index is 12.1. The molecule has 0 unspecified atom stereocenters. The molecule has 5 nitrogen and oxygen atoms in total. The summed E-state index contributed by atoms with van der Waals surface area (Å²) in [5, 5.41) is 4.45. The average Bonchev–Trinajstić information content (AvgIpc) is 2.66. The van der Waals surface area contributed by atoms with Crippen LogP contribution in [0.2, 0.25) is 0 Å². The van der Waals surface area contributed by atoms with E-state index in [2.05, 4.69) is 15.1 Å². The van der Waals surface area contributed by atoms with E-state index in [4.69, 9.17) is 0 Å². The van der Waals surface area contributed by atoms with Crippen molar-refractivity contribution in [3.05, 3.63) is 51.7 Å². The summed E-state index contributed by atoms with van der Waals surface area (Å²) in [5.41, 5.74) is 3.09. The Balaban J connectivity index is 2.29. The summed E-state index contributed by atoms with van der Waals surface area (Å²) >= 11 is 0. The number of aromatic amines is 1. The molecule has 0 fully saturated rings. The van der Waals surface area contributed by atoms with Crippen LogP contribution in [0, 0.1) is 20.8 Å². The third kappa shape index (κ3) is 1.83. The van der Waals surface area contributed by atoms with Crippen LogP contribution in [0.5, 0.6) is 0 Å². The van der Waals surface area contributed by atoms with Crippen LogP contribution in [0.15, 0.2) is 29.1 Å². The lowest BCUT2D eigenvalue weighted by molar-refractivity contribution is 0.850. The SMILES string of the molecule is Cc1ccc(-c2nn3c(C)nc(C)c3c(=O)[nH]2)cc1. The summed E-state index contributed by atoms with van der Waals surface area (Å²) in [6.45, 7) is 5.67. The number of hydrogen-bond acceptors (Lipinski definition) is 3. The quantitative estimate of drug-likeness (QED) is 0.722. The molecule has 19 heavy (non-hydrogen) atoms. The first-order valence-corrected chi connectivity index (χ1v) is 6.09. The molecule has 96 valence electrons. The lowest BCUT2D eigenvalue weighted by Gasteiger charge is -2.03. The maximum Gasteiger partial charge on any atom is 0.277 e. The molecule has 0 bridgehead atoms. The number of nitrogens with one attached hydrogen (secondary N) is 1. The minimum Gasteiger partial charge on any atom is -0.303 e. The van der Waals surface area contributed by atoms with Gasteiger partial charge in [0.05, 0.1) is 5.69 Å². The first-order chi connectivity index (χ1) is 9.06. The number of nitrogens with zero attached hydrogens (tertiary/aromatic N) is 3. The average molecular weight is 254 g/mol. The number of H-pyrrole nitrogens is 1. The predicted molar refractivity (Wildman–Crippen MR) is 73.3 cm³/mol. The van der Waals surface area contributed by atoms with Gasteiger partial charge in [-0.15, -0.1) is 5.10 Å². The Labute approximate surface area is 109 Å². The maximum absolute atomic E-state index is 12.1. The van der Waals surface area contributed by atoms with E-state index in [0.29, 0.717) is 22.9 Å². The van der Waals surface area contributed by atoms with Gasteiger partial charge >= 0.3 is 0 Å². The van der Waals surface area contributed by atoms with Gasteiger partial charge in [0.2, 0.25) is 0 Å². The van der Waals surface area contributed by atoms with Crippen molar-refractivity contribution >= 4 is 5.52 Å². The van der Waals surface area contributed by atoms with E-state index >= 15 is 0 Å². The number of imidazole rings is 1. The molecular weight excluding hydrogens is 240 g/mol. The van der Waals surface area contributed by atoms with Crippen molar-refractivity contribution < 1.29 is 0 Å². The van der Waals surface area contributed by atoms with Crippen LogP contribution < -0.4 is 5.56 Å². The van der Waals surface area contributed by atoms with Crippen LogP contribution in [0.1, 0.15) is 17.1 Å². The van der Waals surface area contributed by atoms with Crippen molar-refractivity contribution in [3.8, 4) is 11.4 Å². The second kappa shape index (κ2) is 4.05. The number of benzene rings is 1. The molecular formula is C14H14N4O. The van der Waals surface area contributed by atoms with Crippen LogP contribution in [0.25, 0.3) is 16.9 Å². The third-order valence-electron chi connectivity index (χ3n) is 3.16. The zero-order chi connectivity index (χ0) is 13.6. The Hall–Kier alpha value is -2.43. The smallest absolute Gasteiger partial charge is 0.277 e. The molecule has 1 aromatic carbocycles. The van der Waals surface area contributed by atoms with E-state index in [-0.39, 0.29) is 5.56 Å². The van der Waals surface area contributed by atoms with E-state index in [0.717, 1.165) is 5.56 Å². The minimum absolute atomic E-state index is 0.163. The highest BCUT2D eigenvalue weighted by Crippen LogP contribution is 2.15. The van der Waals surface area contributed by atoms with Crippen molar-refractivity contribution in [1.82, 2.24) is 19.6 Å². The Morgan fingerprint density at radius 3 is 2.47 bits per heavy atom. The normalized spacial score (nSPS) is 11.1. The molecule has 0 saturated carbocycles. The third-order valence-corrected chi connectivity index (χ3v) is 3.16. The van der Waals surface area contributed by atoms with E-state index < -0.39 is 0 Å². The number of rotatable bonds is 1. The molecule has 3 aromatic rings. The van der Waals surface area contributed by atoms with Gasteiger partial charge < -0.3 is 4.98 Å². The topological polar surface area (TPSA) is 63.1 Å². The van der Waals surface area contributed by atoms with Crippen LogP contribution in [-0.2, 0) is 0 Å². The highest BCUT2D eigenvalue weighted by molar-refractivity contribution is 5.57. The number of hydrogen-bond donors (Lipinski definition) is 1. The van der Waals surface area contributed by atoms with Crippen LogP contribution in [0.4, 0.5) is 0 Å². The van der Waals surface area contributed by atoms with E-state index in [1.807, 2.05) is 45.0 Å². The zero-order valence-electron chi connectivity index (χ0n) is 11.1. The fourth-order valence-corrected chi connectivity index (χ4v) is 2.17. The molecule has 0 aliphatic rings. The van der Waals surface area contributed by atoms with Gasteiger partial charge in [-0.3, -0.25) is 4.79 Å². The number of aromatic nitrogens is 4. The Bertz CT molecular complexity index is 812. The molecule has 0 amide bonds. The second-order valence-electron chi connectivity index (χ2n) is 4.67. The van der Waals surface area contributed by atoms with Gasteiger partial charge in [-0.05, 0) is 20.8 Å². The van der Waals surface area contributed by atoms with E-state index in [9.17, 15) is 4.79 Å². The second-order valence-corrected chi connectivity index (χ2v) is 4.67. The number of fused-ring (bicyclic) bond motifs is 1. The number of aryl methyl sites for hydroxylation is 3. The molecule has 0 atom stereocenters. The molecule has 0 spiro atoms. The van der Waals surface area contributed by atoms with Crippen molar-refractivity contribution in [3.63, 3.8) is 0 Å². The summed E-state index contributed by atoms with van der Waals surface area (Å²) < 4.78 is 1.60. The van der Waals surface area contributed by atoms with Gasteiger partial charge in [-0.1, -0.05) is 29.8 Å². The summed E-state index contributed by atoms with van der Waals surface area (Å²) in [7, 11) is 0. The van der Waals surface area contributed by atoms with Crippen molar-refractivity contribution in [2.45, 2.75) is 20.8 Å². The van der Waals surface area contributed by atoms with E-state index in [1.54, 1.807) is 4.52 Å².